The van der Waals surface area contributed by atoms with Crippen LogP contribution in [0.1, 0.15) is 5.56 Å². The number of rotatable bonds is 9. The molecule has 3 amide bonds. The summed E-state index contributed by atoms with van der Waals surface area (Å²) in [6.07, 6.45) is 2.92. The number of likely N-dealkylation sites (N-methyl/N-ethyl adjacent to an activating group) is 1. The zero-order chi connectivity index (χ0) is 18.9. The summed E-state index contributed by atoms with van der Waals surface area (Å²) in [5.41, 5.74) is 1.00. The molecule has 1 aliphatic rings. The molecular weight excluding hydrogens is 352 g/mol. The smallest absolute Gasteiger partial charge is 0.253 e. The molecule has 0 radical (unpaired) electrons. The summed E-state index contributed by atoms with van der Waals surface area (Å²) >= 11 is 5.24. The van der Waals surface area contributed by atoms with Gasteiger partial charge in [-0.2, -0.15) is 0 Å². The molecule has 1 unspecified atom stereocenters. The van der Waals surface area contributed by atoms with Crippen LogP contribution in [-0.4, -0.2) is 60.3 Å². The molecule has 1 atom stereocenters. The van der Waals surface area contributed by atoms with Gasteiger partial charge in [-0.25, -0.2) is 0 Å². The highest BCUT2D eigenvalue weighted by Gasteiger charge is 2.24. The van der Waals surface area contributed by atoms with Gasteiger partial charge in [0.1, 0.15) is 6.04 Å². The number of hydrogen-bond donors (Lipinski definition) is 3. The van der Waals surface area contributed by atoms with E-state index in [-0.39, 0.29) is 30.8 Å². The molecule has 0 spiro atoms. The molecule has 7 nitrogen and oxygen atoms in total. The van der Waals surface area contributed by atoms with Crippen molar-refractivity contribution < 1.29 is 14.4 Å². The molecular formula is C18H22N4O3S. The van der Waals surface area contributed by atoms with Gasteiger partial charge in [0.15, 0.2) is 0 Å². The van der Waals surface area contributed by atoms with E-state index in [1.54, 1.807) is 7.05 Å². The topological polar surface area (TPSA) is 90.5 Å². The summed E-state index contributed by atoms with van der Waals surface area (Å²) in [6, 6.07) is 9.07. The Morgan fingerprint density at radius 1 is 1.15 bits per heavy atom. The number of carbonyl (C=O) groups is 3. The molecule has 0 aromatic heterocycles. The van der Waals surface area contributed by atoms with E-state index in [4.69, 9.17) is 12.2 Å². The largest absolute Gasteiger partial charge is 0.367 e. The average molecular weight is 374 g/mol. The maximum absolute atomic E-state index is 12.6. The van der Waals surface area contributed by atoms with Gasteiger partial charge in [-0.3, -0.25) is 19.3 Å². The second kappa shape index (κ2) is 9.79. The molecule has 0 bridgehead atoms. The van der Waals surface area contributed by atoms with Gasteiger partial charge in [-0.15, -0.1) is 0 Å². The summed E-state index contributed by atoms with van der Waals surface area (Å²) in [4.78, 5) is 37.2. The third kappa shape index (κ3) is 5.75. The molecule has 8 heteroatoms. The van der Waals surface area contributed by atoms with E-state index in [9.17, 15) is 14.4 Å². The van der Waals surface area contributed by atoms with E-state index in [1.165, 1.54) is 12.2 Å². The molecule has 0 aliphatic carbocycles. The Hall–Kier alpha value is -2.58. The van der Waals surface area contributed by atoms with Crippen molar-refractivity contribution in [2.75, 3.05) is 26.7 Å². The van der Waals surface area contributed by atoms with Crippen LogP contribution in [0.4, 0.5) is 0 Å². The van der Waals surface area contributed by atoms with E-state index in [1.807, 2.05) is 30.3 Å². The molecule has 1 aliphatic heterocycles. The van der Waals surface area contributed by atoms with Crippen molar-refractivity contribution in [2.24, 2.45) is 0 Å². The normalized spacial score (nSPS) is 14.4. The summed E-state index contributed by atoms with van der Waals surface area (Å²) in [5.74, 6) is -0.962. The van der Waals surface area contributed by atoms with Crippen LogP contribution in [0.15, 0.2) is 42.5 Å². The number of hydrogen-bond acceptors (Lipinski definition) is 5. The Morgan fingerprint density at radius 3 is 2.42 bits per heavy atom. The molecule has 0 saturated heterocycles. The lowest BCUT2D eigenvalue weighted by Gasteiger charge is -2.21. The highest BCUT2D eigenvalue weighted by Crippen LogP contribution is 2.05. The first kappa shape index (κ1) is 19.7. The molecule has 1 aromatic carbocycles. The average Bonchev–Trinajstić information content (AvgIpc) is 2.94. The van der Waals surface area contributed by atoms with Crippen molar-refractivity contribution in [3.05, 3.63) is 48.0 Å². The Morgan fingerprint density at radius 2 is 1.81 bits per heavy atom. The lowest BCUT2D eigenvalue weighted by Crippen LogP contribution is -2.50. The molecule has 138 valence electrons. The van der Waals surface area contributed by atoms with Crippen LogP contribution in [0.25, 0.3) is 0 Å². The fraction of sp³-hybridized carbons (Fsp3) is 0.333. The zero-order valence-electron chi connectivity index (χ0n) is 14.5. The van der Waals surface area contributed by atoms with Crippen LogP contribution >= 0.6 is 12.2 Å². The van der Waals surface area contributed by atoms with Gasteiger partial charge in [-0.05, 0) is 12.6 Å². The predicted molar refractivity (Wildman–Crippen MR) is 102 cm³/mol. The SMILES string of the molecule is CNCC(=S)NC(Cc1ccccc1)C(=O)NCCN1C(=O)C=CC1=O. The van der Waals surface area contributed by atoms with Crippen LogP contribution in [0.2, 0.25) is 0 Å². The quantitative estimate of drug-likeness (QED) is 0.409. The van der Waals surface area contributed by atoms with Gasteiger partial charge >= 0.3 is 0 Å². The van der Waals surface area contributed by atoms with Gasteiger partial charge < -0.3 is 16.0 Å². The van der Waals surface area contributed by atoms with Crippen molar-refractivity contribution >= 4 is 34.9 Å². The summed E-state index contributed by atoms with van der Waals surface area (Å²) in [7, 11) is 1.78. The van der Waals surface area contributed by atoms with Gasteiger partial charge in [-0.1, -0.05) is 42.5 Å². The number of carbonyl (C=O) groups excluding carboxylic acids is 3. The molecule has 1 aromatic rings. The van der Waals surface area contributed by atoms with Gasteiger partial charge in [0.2, 0.25) is 5.91 Å². The number of benzene rings is 1. The number of amides is 3. The molecule has 26 heavy (non-hydrogen) atoms. The van der Waals surface area contributed by atoms with Gasteiger partial charge in [0.05, 0.1) is 4.99 Å². The fourth-order valence-electron chi connectivity index (χ4n) is 2.53. The lowest BCUT2D eigenvalue weighted by molar-refractivity contribution is -0.137. The first-order valence-electron chi connectivity index (χ1n) is 8.30. The van der Waals surface area contributed by atoms with E-state index in [2.05, 4.69) is 16.0 Å². The number of nitrogens with zero attached hydrogens (tertiary/aromatic N) is 1. The predicted octanol–water partition coefficient (Wildman–Crippen LogP) is -0.225. The maximum Gasteiger partial charge on any atom is 0.253 e. The third-order valence-corrected chi connectivity index (χ3v) is 4.07. The van der Waals surface area contributed by atoms with Crippen molar-refractivity contribution in [1.29, 1.82) is 0 Å². The molecule has 0 fully saturated rings. The Bertz CT molecular complexity index is 688. The highest BCUT2D eigenvalue weighted by atomic mass is 32.1. The Kier molecular flexibility index (Phi) is 7.43. The molecule has 3 N–H and O–H groups in total. The van der Waals surface area contributed by atoms with Crippen LogP contribution in [-0.2, 0) is 20.8 Å². The van der Waals surface area contributed by atoms with Crippen LogP contribution in [0, 0.1) is 0 Å². The molecule has 2 rings (SSSR count). The number of thiocarbonyl (C=S) groups is 1. The van der Waals surface area contributed by atoms with Crippen molar-refractivity contribution in [1.82, 2.24) is 20.9 Å². The van der Waals surface area contributed by atoms with Crippen molar-refractivity contribution in [2.45, 2.75) is 12.5 Å². The van der Waals surface area contributed by atoms with Gasteiger partial charge in [0, 0.05) is 38.2 Å². The van der Waals surface area contributed by atoms with Gasteiger partial charge in [0.25, 0.3) is 11.8 Å². The summed E-state index contributed by atoms with van der Waals surface area (Å²) in [5, 5.41) is 8.76. The fourth-order valence-corrected chi connectivity index (χ4v) is 2.82. The first-order valence-corrected chi connectivity index (χ1v) is 8.71. The zero-order valence-corrected chi connectivity index (χ0v) is 15.3. The second-order valence-electron chi connectivity index (χ2n) is 5.79. The number of nitrogens with one attached hydrogen (secondary N) is 3. The van der Waals surface area contributed by atoms with E-state index in [0.717, 1.165) is 10.5 Å². The maximum atomic E-state index is 12.6. The van der Waals surface area contributed by atoms with Crippen molar-refractivity contribution in [3.63, 3.8) is 0 Å². The standard InChI is InChI=1S/C18H22N4O3S/c1-19-12-15(26)21-14(11-13-5-3-2-4-6-13)18(25)20-9-10-22-16(23)7-8-17(22)24/h2-8,14,19H,9-12H2,1H3,(H,20,25)(H,21,26). The van der Waals surface area contributed by atoms with Crippen LogP contribution in [0.3, 0.4) is 0 Å². The first-order chi connectivity index (χ1) is 12.5. The monoisotopic (exact) mass is 374 g/mol. The third-order valence-electron chi connectivity index (χ3n) is 3.81. The van der Waals surface area contributed by atoms with E-state index in [0.29, 0.717) is 18.0 Å². The minimum Gasteiger partial charge on any atom is -0.367 e. The summed E-state index contributed by atoms with van der Waals surface area (Å²) < 4.78 is 0. The molecule has 1 heterocycles. The Balaban J connectivity index is 1.92. The molecule has 0 saturated carbocycles. The van der Waals surface area contributed by atoms with Crippen LogP contribution < -0.4 is 16.0 Å². The van der Waals surface area contributed by atoms with Crippen molar-refractivity contribution in [3.8, 4) is 0 Å². The Labute approximate surface area is 157 Å². The summed E-state index contributed by atoms with van der Waals surface area (Å²) in [6.45, 7) is 0.787. The van der Waals surface area contributed by atoms with E-state index >= 15 is 0 Å². The minimum atomic E-state index is -0.540. The number of imide groups is 1. The van der Waals surface area contributed by atoms with E-state index < -0.39 is 6.04 Å². The van der Waals surface area contributed by atoms with Crippen LogP contribution in [0.5, 0.6) is 0 Å². The minimum absolute atomic E-state index is 0.134. The second-order valence-corrected chi connectivity index (χ2v) is 6.29. The lowest BCUT2D eigenvalue weighted by atomic mass is 10.1. The highest BCUT2D eigenvalue weighted by molar-refractivity contribution is 7.80.